The molecule has 122 valence electrons. The first-order valence-corrected chi connectivity index (χ1v) is 8.28. The lowest BCUT2D eigenvalue weighted by Gasteiger charge is -2.06. The van der Waals surface area contributed by atoms with Gasteiger partial charge in [-0.2, -0.15) is 5.10 Å². The molecule has 0 aromatic heterocycles. The van der Waals surface area contributed by atoms with Crippen LogP contribution in [-0.4, -0.2) is 12.8 Å². The van der Waals surface area contributed by atoms with Crippen LogP contribution in [0, 0.1) is 13.8 Å². The van der Waals surface area contributed by atoms with Gasteiger partial charge in [0.05, 0.1) is 18.5 Å². The van der Waals surface area contributed by atoms with Crippen molar-refractivity contribution in [1.82, 2.24) is 0 Å². The molecule has 0 unspecified atom stereocenters. The second-order valence-electron chi connectivity index (χ2n) is 5.79. The molecule has 3 nitrogen and oxygen atoms in total. The number of benzene rings is 2. The van der Waals surface area contributed by atoms with Gasteiger partial charge in [0, 0.05) is 0 Å². The van der Waals surface area contributed by atoms with E-state index in [9.17, 15) is 0 Å². The number of anilines is 1. The van der Waals surface area contributed by atoms with E-state index in [4.69, 9.17) is 4.74 Å². The molecule has 0 aliphatic heterocycles. The molecule has 0 radical (unpaired) electrons. The van der Waals surface area contributed by atoms with Gasteiger partial charge >= 0.3 is 0 Å². The molecule has 0 saturated carbocycles. The minimum atomic E-state index is 0.787. The van der Waals surface area contributed by atoms with Crippen molar-refractivity contribution in [2.24, 2.45) is 5.10 Å². The van der Waals surface area contributed by atoms with Crippen molar-refractivity contribution < 1.29 is 4.74 Å². The number of hydrogen-bond donors (Lipinski definition) is 1. The summed E-state index contributed by atoms with van der Waals surface area (Å²) in [5.41, 5.74) is 7.65. The molecule has 0 saturated heterocycles. The van der Waals surface area contributed by atoms with Gasteiger partial charge < -0.3 is 4.74 Å². The summed E-state index contributed by atoms with van der Waals surface area (Å²) in [5.74, 6) is 0.917. The number of hydrazone groups is 1. The average Bonchev–Trinajstić information content (AvgIpc) is 2.56. The van der Waals surface area contributed by atoms with Crippen molar-refractivity contribution in [3.05, 3.63) is 59.2 Å². The predicted octanol–water partition coefficient (Wildman–Crippen LogP) is 5.32. The van der Waals surface area contributed by atoms with Gasteiger partial charge in [-0.25, -0.2) is 0 Å². The lowest BCUT2D eigenvalue weighted by atomic mass is 10.1. The van der Waals surface area contributed by atoms with Crippen molar-refractivity contribution >= 4 is 11.9 Å². The molecule has 2 rings (SSSR count). The molecule has 23 heavy (non-hydrogen) atoms. The van der Waals surface area contributed by atoms with Crippen LogP contribution in [0.2, 0.25) is 0 Å². The van der Waals surface area contributed by atoms with Gasteiger partial charge in [-0.1, -0.05) is 25.8 Å². The molecule has 0 aliphatic carbocycles. The topological polar surface area (TPSA) is 33.6 Å². The molecule has 0 fully saturated rings. The van der Waals surface area contributed by atoms with E-state index in [0.29, 0.717) is 0 Å². The normalized spacial score (nSPS) is 10.9. The Morgan fingerprint density at radius 3 is 2.48 bits per heavy atom. The summed E-state index contributed by atoms with van der Waals surface area (Å²) >= 11 is 0. The molecule has 0 atom stereocenters. The molecule has 2 aromatic rings. The first-order chi connectivity index (χ1) is 11.2. The standard InChI is InChI=1S/C20H26N2O/c1-4-5-6-13-23-20-11-8-18(9-12-20)15-21-22-19-10-7-16(2)17(3)14-19/h7-12,14-15,22H,4-6,13H2,1-3H3/b21-15+. The van der Waals surface area contributed by atoms with Crippen molar-refractivity contribution in [3.63, 3.8) is 0 Å². The Morgan fingerprint density at radius 1 is 1.00 bits per heavy atom. The Kier molecular flexibility index (Phi) is 6.67. The lowest BCUT2D eigenvalue weighted by molar-refractivity contribution is 0.306. The largest absolute Gasteiger partial charge is 0.494 e. The van der Waals surface area contributed by atoms with Crippen molar-refractivity contribution in [2.45, 2.75) is 40.0 Å². The van der Waals surface area contributed by atoms with Crippen LogP contribution in [0.25, 0.3) is 0 Å². The molecule has 0 bridgehead atoms. The van der Waals surface area contributed by atoms with E-state index in [1.807, 2.05) is 36.5 Å². The van der Waals surface area contributed by atoms with Gasteiger partial charge in [0.1, 0.15) is 5.75 Å². The summed E-state index contributed by atoms with van der Waals surface area (Å²) < 4.78 is 5.70. The van der Waals surface area contributed by atoms with E-state index in [1.165, 1.54) is 24.0 Å². The maximum atomic E-state index is 5.70. The summed E-state index contributed by atoms with van der Waals surface area (Å²) in [5, 5.41) is 4.28. The number of hydrogen-bond acceptors (Lipinski definition) is 3. The van der Waals surface area contributed by atoms with E-state index in [2.05, 4.69) is 43.4 Å². The first-order valence-electron chi connectivity index (χ1n) is 8.28. The van der Waals surface area contributed by atoms with Crippen LogP contribution >= 0.6 is 0 Å². The maximum absolute atomic E-state index is 5.70. The zero-order valence-corrected chi connectivity index (χ0v) is 14.3. The maximum Gasteiger partial charge on any atom is 0.119 e. The predicted molar refractivity (Wildman–Crippen MR) is 98.6 cm³/mol. The fraction of sp³-hybridized carbons (Fsp3) is 0.350. The summed E-state index contributed by atoms with van der Waals surface area (Å²) in [4.78, 5) is 0. The molecular weight excluding hydrogens is 284 g/mol. The van der Waals surface area contributed by atoms with Gasteiger partial charge in [0.25, 0.3) is 0 Å². The summed E-state index contributed by atoms with van der Waals surface area (Å²) in [6, 6.07) is 14.2. The van der Waals surface area contributed by atoms with Gasteiger partial charge in [0.2, 0.25) is 0 Å². The summed E-state index contributed by atoms with van der Waals surface area (Å²) in [7, 11) is 0. The Hall–Kier alpha value is -2.29. The van der Waals surface area contributed by atoms with E-state index >= 15 is 0 Å². The van der Waals surface area contributed by atoms with E-state index < -0.39 is 0 Å². The third-order valence-electron chi connectivity index (χ3n) is 3.81. The average molecular weight is 310 g/mol. The Morgan fingerprint density at radius 2 is 1.78 bits per heavy atom. The molecule has 0 aliphatic rings. The Bertz CT molecular complexity index is 633. The minimum Gasteiger partial charge on any atom is -0.494 e. The van der Waals surface area contributed by atoms with E-state index in [0.717, 1.165) is 30.0 Å². The van der Waals surface area contributed by atoms with Gasteiger partial charge in [-0.05, 0) is 73.4 Å². The molecule has 0 amide bonds. The van der Waals surface area contributed by atoms with Gasteiger partial charge in [-0.15, -0.1) is 0 Å². The molecule has 2 aromatic carbocycles. The molecule has 3 heteroatoms. The number of nitrogens with zero attached hydrogens (tertiary/aromatic N) is 1. The summed E-state index contributed by atoms with van der Waals surface area (Å²) in [6.45, 7) is 7.19. The van der Waals surface area contributed by atoms with Crippen LogP contribution in [0.1, 0.15) is 42.9 Å². The third kappa shape index (κ3) is 5.78. The van der Waals surface area contributed by atoms with Crippen LogP contribution in [0.4, 0.5) is 5.69 Å². The van der Waals surface area contributed by atoms with Crippen molar-refractivity contribution in [2.75, 3.05) is 12.0 Å². The third-order valence-corrected chi connectivity index (χ3v) is 3.81. The number of ether oxygens (including phenoxy) is 1. The number of nitrogens with one attached hydrogen (secondary N) is 1. The number of aryl methyl sites for hydroxylation is 2. The first kappa shape index (κ1) is 17.1. The van der Waals surface area contributed by atoms with Crippen LogP contribution < -0.4 is 10.2 Å². The monoisotopic (exact) mass is 310 g/mol. The zero-order valence-electron chi connectivity index (χ0n) is 14.3. The molecule has 1 N–H and O–H groups in total. The van der Waals surface area contributed by atoms with E-state index in [-0.39, 0.29) is 0 Å². The van der Waals surface area contributed by atoms with Crippen LogP contribution in [0.3, 0.4) is 0 Å². The van der Waals surface area contributed by atoms with Gasteiger partial charge in [-0.3, -0.25) is 5.43 Å². The number of rotatable bonds is 8. The van der Waals surface area contributed by atoms with Crippen LogP contribution in [0.5, 0.6) is 5.75 Å². The molecule has 0 spiro atoms. The van der Waals surface area contributed by atoms with Gasteiger partial charge in [0.15, 0.2) is 0 Å². The summed E-state index contributed by atoms with van der Waals surface area (Å²) in [6.07, 6.45) is 5.36. The highest BCUT2D eigenvalue weighted by molar-refractivity contribution is 5.80. The van der Waals surface area contributed by atoms with E-state index in [1.54, 1.807) is 0 Å². The van der Waals surface area contributed by atoms with Crippen LogP contribution in [0.15, 0.2) is 47.6 Å². The second kappa shape index (κ2) is 8.99. The SMILES string of the molecule is CCCCCOc1ccc(/C=N/Nc2ccc(C)c(C)c2)cc1. The quantitative estimate of drug-likeness (QED) is 0.407. The minimum absolute atomic E-state index is 0.787. The fourth-order valence-electron chi connectivity index (χ4n) is 2.18. The van der Waals surface area contributed by atoms with Crippen molar-refractivity contribution in [1.29, 1.82) is 0 Å². The molecule has 0 heterocycles. The van der Waals surface area contributed by atoms with Crippen LogP contribution in [-0.2, 0) is 0 Å². The lowest BCUT2D eigenvalue weighted by Crippen LogP contribution is -1.97. The highest BCUT2D eigenvalue weighted by Crippen LogP contribution is 2.14. The Balaban J connectivity index is 1.83. The number of unbranched alkanes of at least 4 members (excludes halogenated alkanes) is 2. The fourth-order valence-corrected chi connectivity index (χ4v) is 2.18. The smallest absolute Gasteiger partial charge is 0.119 e. The van der Waals surface area contributed by atoms with Crippen molar-refractivity contribution in [3.8, 4) is 5.75 Å². The Labute approximate surface area is 139 Å². The highest BCUT2D eigenvalue weighted by Gasteiger charge is 1.96. The zero-order chi connectivity index (χ0) is 16.5. The second-order valence-corrected chi connectivity index (χ2v) is 5.79. The molecular formula is C20H26N2O. The highest BCUT2D eigenvalue weighted by atomic mass is 16.5.